The van der Waals surface area contributed by atoms with Crippen molar-refractivity contribution >= 4 is 39.9 Å². The van der Waals surface area contributed by atoms with Crippen LogP contribution in [0.25, 0.3) is 33.8 Å². The second-order valence-corrected chi connectivity index (χ2v) is 6.91. The van der Waals surface area contributed by atoms with Crippen molar-refractivity contribution in [3.63, 3.8) is 0 Å². The summed E-state index contributed by atoms with van der Waals surface area (Å²) in [6.07, 6.45) is 3.20. The van der Waals surface area contributed by atoms with E-state index in [0.29, 0.717) is 43.8 Å². The molecule has 0 amide bonds. The Morgan fingerprint density at radius 2 is 1.64 bits per heavy atom. The molecule has 0 fully saturated rings. The summed E-state index contributed by atoms with van der Waals surface area (Å²) in [6.45, 7) is 0. The summed E-state index contributed by atoms with van der Waals surface area (Å²) in [6, 6.07) is 9.39. The van der Waals surface area contributed by atoms with Crippen LogP contribution in [0, 0.1) is 0 Å². The number of halogens is 2. The maximum atomic E-state index is 9.74. The van der Waals surface area contributed by atoms with E-state index < -0.39 is 0 Å². The third-order valence-corrected chi connectivity index (χ3v) is 5.02. The van der Waals surface area contributed by atoms with Crippen molar-refractivity contribution in [1.29, 1.82) is 0 Å². The van der Waals surface area contributed by atoms with Crippen LogP contribution in [0.3, 0.4) is 0 Å². The molecular weight excluding hydrogens is 403 g/mol. The lowest BCUT2D eigenvalue weighted by molar-refractivity contribution is 0.451. The number of phenols is 2. The summed E-state index contributed by atoms with van der Waals surface area (Å²) in [7, 11) is 0. The van der Waals surface area contributed by atoms with Gasteiger partial charge in [0.25, 0.3) is 0 Å². The summed E-state index contributed by atoms with van der Waals surface area (Å²) in [4.78, 5) is 4.48. The first-order valence-electron chi connectivity index (χ1n) is 8.07. The highest BCUT2D eigenvalue weighted by atomic mass is 35.5. The summed E-state index contributed by atoms with van der Waals surface area (Å²) >= 11 is 12.1. The van der Waals surface area contributed by atoms with Crippen LogP contribution in [0.5, 0.6) is 11.5 Å². The molecule has 3 aromatic heterocycles. The Labute approximate surface area is 167 Å². The molecule has 138 valence electrons. The van der Waals surface area contributed by atoms with Crippen LogP contribution in [-0.4, -0.2) is 39.6 Å². The number of rotatable bonds is 2. The number of phenolic OH excluding ortho intramolecular Hbond substituents is 2. The van der Waals surface area contributed by atoms with Crippen LogP contribution in [0.4, 0.5) is 0 Å². The number of nitrogens with zero attached hydrogens (tertiary/aromatic N) is 6. The lowest BCUT2D eigenvalue weighted by Gasteiger charge is -2.05. The smallest absolute Gasteiger partial charge is 0.175 e. The monoisotopic (exact) mass is 412 g/mol. The molecule has 5 aromatic rings. The average Bonchev–Trinajstić information content (AvgIpc) is 3.26. The third-order valence-electron chi connectivity index (χ3n) is 4.28. The van der Waals surface area contributed by atoms with Crippen molar-refractivity contribution in [2.45, 2.75) is 0 Å². The predicted octanol–water partition coefficient (Wildman–Crippen LogP) is 3.85. The van der Waals surface area contributed by atoms with Gasteiger partial charge in [0.05, 0.1) is 27.3 Å². The fourth-order valence-electron chi connectivity index (χ4n) is 3.05. The fraction of sp³-hybridized carbons (Fsp3) is 0. The number of hydrogen-bond donors (Lipinski definition) is 2. The molecule has 5 rings (SSSR count). The van der Waals surface area contributed by atoms with Gasteiger partial charge in [-0.25, -0.2) is 9.67 Å². The van der Waals surface area contributed by atoms with Gasteiger partial charge in [0.15, 0.2) is 17.1 Å². The van der Waals surface area contributed by atoms with Crippen molar-refractivity contribution in [1.82, 2.24) is 29.4 Å². The Kier molecular flexibility index (Phi) is 3.65. The van der Waals surface area contributed by atoms with E-state index in [0.717, 1.165) is 0 Å². The van der Waals surface area contributed by atoms with Gasteiger partial charge >= 0.3 is 0 Å². The molecule has 10 heteroatoms. The Morgan fingerprint density at radius 3 is 2.39 bits per heavy atom. The molecule has 0 radical (unpaired) electrons. The van der Waals surface area contributed by atoms with E-state index in [9.17, 15) is 10.2 Å². The van der Waals surface area contributed by atoms with E-state index in [4.69, 9.17) is 23.2 Å². The average molecular weight is 413 g/mol. The highest BCUT2D eigenvalue weighted by molar-refractivity contribution is 6.42. The molecule has 2 N–H and O–H groups in total. The second-order valence-electron chi connectivity index (χ2n) is 6.09. The van der Waals surface area contributed by atoms with Gasteiger partial charge in [-0.3, -0.25) is 4.40 Å². The van der Waals surface area contributed by atoms with Crippen molar-refractivity contribution < 1.29 is 10.2 Å². The first-order chi connectivity index (χ1) is 13.5. The zero-order valence-corrected chi connectivity index (χ0v) is 15.5. The minimum atomic E-state index is -0.0757. The van der Waals surface area contributed by atoms with Gasteiger partial charge in [0, 0.05) is 11.6 Å². The number of hydrogen-bond acceptors (Lipinski definition) is 6. The molecule has 8 nitrogen and oxygen atoms in total. The van der Waals surface area contributed by atoms with Gasteiger partial charge in [-0.1, -0.05) is 23.2 Å². The molecule has 0 atom stereocenters. The number of aromatic nitrogens is 6. The van der Waals surface area contributed by atoms with Gasteiger partial charge in [0.2, 0.25) is 0 Å². The highest BCUT2D eigenvalue weighted by Crippen LogP contribution is 2.30. The predicted molar refractivity (Wildman–Crippen MR) is 104 cm³/mol. The first kappa shape index (κ1) is 16.8. The molecule has 0 aliphatic carbocycles. The quantitative estimate of drug-likeness (QED) is 0.456. The molecule has 0 spiro atoms. The summed E-state index contributed by atoms with van der Waals surface area (Å²) in [5.74, 6) is 0.277. The van der Waals surface area contributed by atoms with Crippen molar-refractivity contribution in [2.75, 3.05) is 0 Å². The van der Waals surface area contributed by atoms with E-state index in [1.165, 1.54) is 18.2 Å². The molecule has 0 bridgehead atoms. The minimum Gasteiger partial charge on any atom is -0.508 e. The fourth-order valence-corrected chi connectivity index (χ4v) is 3.34. The normalized spacial score (nSPS) is 11.5. The molecule has 2 aromatic carbocycles. The van der Waals surface area contributed by atoms with Gasteiger partial charge in [-0.2, -0.15) is 5.10 Å². The van der Waals surface area contributed by atoms with Crippen molar-refractivity contribution in [3.8, 4) is 28.6 Å². The molecule has 0 aliphatic rings. The zero-order valence-electron chi connectivity index (χ0n) is 14.0. The highest BCUT2D eigenvalue weighted by Gasteiger charge is 2.16. The Hall–Kier alpha value is -3.36. The third kappa shape index (κ3) is 2.54. The van der Waals surface area contributed by atoms with Crippen molar-refractivity contribution in [3.05, 3.63) is 59.0 Å². The van der Waals surface area contributed by atoms with E-state index >= 15 is 0 Å². The largest absolute Gasteiger partial charge is 0.508 e. The lowest BCUT2D eigenvalue weighted by Crippen LogP contribution is -1.99. The maximum absolute atomic E-state index is 9.74. The molecule has 28 heavy (non-hydrogen) atoms. The number of benzene rings is 2. The minimum absolute atomic E-state index is 0.0757. The van der Waals surface area contributed by atoms with Crippen LogP contribution < -0.4 is 0 Å². The van der Waals surface area contributed by atoms with Crippen LogP contribution in [-0.2, 0) is 0 Å². The van der Waals surface area contributed by atoms with E-state index in [1.54, 1.807) is 39.8 Å². The van der Waals surface area contributed by atoms with Gasteiger partial charge < -0.3 is 10.2 Å². The summed E-state index contributed by atoms with van der Waals surface area (Å²) in [5, 5.41) is 33.8. The topological polar surface area (TPSA) is 101 Å². The molecule has 3 heterocycles. The van der Waals surface area contributed by atoms with E-state index in [2.05, 4.69) is 20.3 Å². The Morgan fingerprint density at radius 1 is 0.857 bits per heavy atom. The maximum Gasteiger partial charge on any atom is 0.175 e. The molecule has 0 aliphatic heterocycles. The van der Waals surface area contributed by atoms with E-state index in [-0.39, 0.29) is 11.5 Å². The lowest BCUT2D eigenvalue weighted by atomic mass is 10.2. The van der Waals surface area contributed by atoms with Gasteiger partial charge in [0.1, 0.15) is 17.8 Å². The Balaban J connectivity index is 1.71. The zero-order chi connectivity index (χ0) is 19.4. The standard InChI is InChI=1S/C18H10Cl2N6O2/c19-14-2-1-10(5-15(14)20)26-17-13(7-22-26)18-24-23-16(25(18)8-21-17)9-3-11(27)6-12(28)4-9/h1-8,27-28H. The first-order valence-corrected chi connectivity index (χ1v) is 8.83. The van der Waals surface area contributed by atoms with Gasteiger partial charge in [-0.15, -0.1) is 10.2 Å². The molecule has 0 saturated carbocycles. The second kappa shape index (κ2) is 6.08. The van der Waals surface area contributed by atoms with Gasteiger partial charge in [-0.05, 0) is 30.3 Å². The molecule has 0 saturated heterocycles. The van der Waals surface area contributed by atoms with Crippen LogP contribution in [0.1, 0.15) is 0 Å². The number of fused-ring (bicyclic) bond motifs is 3. The van der Waals surface area contributed by atoms with Crippen LogP contribution in [0.2, 0.25) is 10.0 Å². The summed E-state index contributed by atoms with van der Waals surface area (Å²) < 4.78 is 3.30. The van der Waals surface area contributed by atoms with Crippen LogP contribution in [0.15, 0.2) is 48.9 Å². The van der Waals surface area contributed by atoms with Crippen LogP contribution >= 0.6 is 23.2 Å². The number of aromatic hydroxyl groups is 2. The molecular formula is C18H10Cl2N6O2. The van der Waals surface area contributed by atoms with Crippen molar-refractivity contribution in [2.24, 2.45) is 0 Å². The SMILES string of the molecule is Oc1cc(O)cc(-c2nnc3c4cnn(-c5ccc(Cl)c(Cl)c5)c4ncn23)c1. The summed E-state index contributed by atoms with van der Waals surface area (Å²) in [5.41, 5.74) is 2.32. The molecule has 0 unspecified atom stereocenters. The van der Waals surface area contributed by atoms with E-state index in [1.807, 2.05) is 0 Å². The Bertz CT molecular complexity index is 1360.